The zero-order chi connectivity index (χ0) is 21.1. The molecule has 0 fully saturated rings. The van der Waals surface area contributed by atoms with Crippen molar-refractivity contribution in [3.8, 4) is 11.1 Å². The van der Waals surface area contributed by atoms with Crippen LogP contribution in [0.2, 0.25) is 0 Å². The highest BCUT2D eigenvalue weighted by Gasteiger charge is 2.33. The lowest BCUT2D eigenvalue weighted by atomic mass is 9.89. The topological polar surface area (TPSA) is 88.0 Å². The third-order valence-electron chi connectivity index (χ3n) is 5.45. The fourth-order valence-corrected chi connectivity index (χ4v) is 4.05. The maximum atomic E-state index is 12.4. The first-order valence-electron chi connectivity index (χ1n) is 10.2. The molecule has 1 aliphatic heterocycles. The molecule has 3 heterocycles. The van der Waals surface area contributed by atoms with Crippen LogP contribution in [0.3, 0.4) is 0 Å². The van der Waals surface area contributed by atoms with Crippen LogP contribution in [0.5, 0.6) is 0 Å². The van der Waals surface area contributed by atoms with Crippen molar-refractivity contribution in [3.63, 3.8) is 0 Å². The Balaban J connectivity index is 0.00000272. The predicted molar refractivity (Wildman–Crippen MR) is 124 cm³/mol. The van der Waals surface area contributed by atoms with Crippen molar-refractivity contribution >= 4 is 29.9 Å². The van der Waals surface area contributed by atoms with Gasteiger partial charge in [-0.2, -0.15) is 5.10 Å². The Bertz CT molecular complexity index is 1020. The minimum absolute atomic E-state index is 0. The summed E-state index contributed by atoms with van der Waals surface area (Å²) in [6.45, 7) is 5.37. The number of hydrogen-bond donors (Lipinski definition) is 2. The Morgan fingerprint density at radius 2 is 2.00 bits per heavy atom. The Morgan fingerprint density at radius 3 is 2.71 bits per heavy atom. The number of halogens is 1. The van der Waals surface area contributed by atoms with Gasteiger partial charge in [0, 0.05) is 49.4 Å². The molecular formula is C22H28ClN7O. The minimum Gasteiger partial charge on any atom is -0.347 e. The highest BCUT2D eigenvalue weighted by molar-refractivity contribution is 5.94. The number of hydrogen-bond acceptors (Lipinski definition) is 6. The van der Waals surface area contributed by atoms with Gasteiger partial charge in [-0.3, -0.25) is 9.48 Å². The van der Waals surface area contributed by atoms with E-state index in [1.807, 2.05) is 28.9 Å². The first kappa shape index (κ1) is 22.7. The summed E-state index contributed by atoms with van der Waals surface area (Å²) in [4.78, 5) is 22.9. The number of benzene rings is 1. The summed E-state index contributed by atoms with van der Waals surface area (Å²) >= 11 is 0. The molecule has 0 radical (unpaired) electrons. The van der Waals surface area contributed by atoms with Crippen LogP contribution in [0, 0.1) is 0 Å². The van der Waals surface area contributed by atoms with Crippen molar-refractivity contribution in [2.24, 2.45) is 0 Å². The number of aromatic nitrogens is 4. The average molecular weight is 442 g/mol. The van der Waals surface area contributed by atoms with Gasteiger partial charge in [-0.1, -0.05) is 6.07 Å². The molecule has 1 aromatic carbocycles. The van der Waals surface area contributed by atoms with E-state index in [1.165, 1.54) is 0 Å². The molecule has 9 heteroatoms. The van der Waals surface area contributed by atoms with E-state index < -0.39 is 0 Å². The number of fused-ring (bicyclic) bond motifs is 1. The van der Waals surface area contributed by atoms with E-state index in [2.05, 4.69) is 51.0 Å². The zero-order valence-corrected chi connectivity index (χ0v) is 18.8. The van der Waals surface area contributed by atoms with Gasteiger partial charge in [0.25, 0.3) is 0 Å². The molecule has 2 N–H and O–H groups in total. The smallest absolute Gasteiger partial charge is 0.224 e. The number of rotatable bonds is 6. The Kier molecular flexibility index (Phi) is 7.25. The van der Waals surface area contributed by atoms with Crippen LogP contribution in [-0.2, 0) is 11.3 Å². The average Bonchev–Trinajstić information content (AvgIpc) is 3.21. The molecular weight excluding hydrogens is 414 g/mol. The summed E-state index contributed by atoms with van der Waals surface area (Å²) in [6, 6.07) is 8.12. The summed E-state index contributed by atoms with van der Waals surface area (Å²) in [5, 5.41) is 11.0. The third kappa shape index (κ3) is 4.86. The van der Waals surface area contributed by atoms with E-state index in [1.54, 1.807) is 25.4 Å². The van der Waals surface area contributed by atoms with Crippen molar-refractivity contribution in [2.45, 2.75) is 38.9 Å². The molecule has 1 aliphatic rings. The molecule has 31 heavy (non-hydrogen) atoms. The van der Waals surface area contributed by atoms with Gasteiger partial charge in [-0.15, -0.1) is 12.4 Å². The van der Waals surface area contributed by atoms with Gasteiger partial charge < -0.3 is 15.5 Å². The first-order valence-corrected chi connectivity index (χ1v) is 10.2. The highest BCUT2D eigenvalue weighted by Crippen LogP contribution is 2.40. The van der Waals surface area contributed by atoms with Gasteiger partial charge in [0.15, 0.2) is 0 Å². The number of anilines is 2. The maximum Gasteiger partial charge on any atom is 0.224 e. The van der Waals surface area contributed by atoms with Gasteiger partial charge >= 0.3 is 0 Å². The third-order valence-corrected chi connectivity index (χ3v) is 5.45. The molecule has 2 aromatic heterocycles. The van der Waals surface area contributed by atoms with Crippen LogP contribution in [0.1, 0.15) is 31.9 Å². The van der Waals surface area contributed by atoms with Crippen LogP contribution in [0.4, 0.5) is 11.6 Å². The summed E-state index contributed by atoms with van der Waals surface area (Å²) < 4.78 is 1.93. The van der Waals surface area contributed by atoms with Crippen LogP contribution >= 0.6 is 12.4 Å². The van der Waals surface area contributed by atoms with Crippen LogP contribution in [-0.4, -0.2) is 45.3 Å². The number of carbonyl (C=O) groups excluding carboxylic acids is 1. The van der Waals surface area contributed by atoms with Crippen molar-refractivity contribution in [1.29, 1.82) is 0 Å². The quantitative estimate of drug-likeness (QED) is 0.610. The van der Waals surface area contributed by atoms with Crippen molar-refractivity contribution in [1.82, 2.24) is 25.1 Å². The van der Waals surface area contributed by atoms with Gasteiger partial charge in [0.2, 0.25) is 11.9 Å². The fourth-order valence-electron chi connectivity index (χ4n) is 4.05. The molecule has 0 bridgehead atoms. The molecule has 4 rings (SSSR count). The summed E-state index contributed by atoms with van der Waals surface area (Å²) in [5.74, 6) is 0.632. The van der Waals surface area contributed by atoms with Crippen LogP contribution in [0.15, 0.2) is 49.1 Å². The first-order chi connectivity index (χ1) is 14.6. The van der Waals surface area contributed by atoms with Crippen LogP contribution in [0.25, 0.3) is 11.1 Å². The normalized spacial score (nSPS) is 17.6. The number of amides is 1. The second-order valence-electron chi connectivity index (χ2n) is 7.61. The minimum atomic E-state index is 0. The largest absolute Gasteiger partial charge is 0.347 e. The Labute approximate surface area is 188 Å². The van der Waals surface area contributed by atoms with Gasteiger partial charge in [0.1, 0.15) is 0 Å². The predicted octanol–water partition coefficient (Wildman–Crippen LogP) is 3.28. The second kappa shape index (κ2) is 9.89. The van der Waals surface area contributed by atoms with Gasteiger partial charge in [-0.25, -0.2) is 9.97 Å². The van der Waals surface area contributed by atoms with E-state index in [-0.39, 0.29) is 30.4 Å². The number of carbonyl (C=O) groups is 1. The standard InChI is InChI=1S/C22H27N7O.ClH/c1-15-11-20(27-22-24-7-4-8-25-22)19-12-17(5-6-21(19)29(15)16(2)30)18-13-26-28(14-18)10-9-23-3;/h4-8,12-15,20,23H,9-11H2,1-3H3,(H,24,25,27);1H/t15-,20+;/m0./s1. The van der Waals surface area contributed by atoms with Crippen molar-refractivity contribution in [3.05, 3.63) is 54.6 Å². The zero-order valence-electron chi connectivity index (χ0n) is 17.9. The molecule has 0 unspecified atom stereocenters. The van der Waals surface area contributed by atoms with Crippen LogP contribution < -0.4 is 15.5 Å². The summed E-state index contributed by atoms with van der Waals surface area (Å²) in [5.41, 5.74) is 4.12. The highest BCUT2D eigenvalue weighted by atomic mass is 35.5. The molecule has 0 spiro atoms. The molecule has 3 aromatic rings. The summed E-state index contributed by atoms with van der Waals surface area (Å²) in [6.07, 6.45) is 8.15. The lowest BCUT2D eigenvalue weighted by molar-refractivity contribution is -0.117. The number of nitrogens with one attached hydrogen (secondary N) is 2. The lowest BCUT2D eigenvalue weighted by Gasteiger charge is -2.39. The summed E-state index contributed by atoms with van der Waals surface area (Å²) in [7, 11) is 1.93. The lowest BCUT2D eigenvalue weighted by Crippen LogP contribution is -2.43. The van der Waals surface area contributed by atoms with Gasteiger partial charge in [-0.05, 0) is 49.7 Å². The monoisotopic (exact) mass is 441 g/mol. The van der Waals surface area contributed by atoms with E-state index >= 15 is 0 Å². The molecule has 0 saturated carbocycles. The molecule has 2 atom stereocenters. The molecule has 8 nitrogen and oxygen atoms in total. The van der Waals surface area contributed by atoms with E-state index in [4.69, 9.17) is 0 Å². The van der Waals surface area contributed by atoms with E-state index in [0.717, 1.165) is 41.9 Å². The van der Waals surface area contributed by atoms with Gasteiger partial charge in [0.05, 0.1) is 18.8 Å². The Morgan fingerprint density at radius 1 is 1.23 bits per heavy atom. The second-order valence-corrected chi connectivity index (χ2v) is 7.61. The molecule has 164 valence electrons. The van der Waals surface area contributed by atoms with Crippen molar-refractivity contribution in [2.75, 3.05) is 23.8 Å². The SMILES string of the molecule is CNCCn1cc(-c2ccc3c(c2)[C@H](Nc2ncccn2)C[C@H](C)N3C(C)=O)cn1.Cl. The number of nitrogens with zero attached hydrogens (tertiary/aromatic N) is 5. The Hall–Kier alpha value is -2.97. The maximum absolute atomic E-state index is 12.4. The van der Waals surface area contributed by atoms with Crippen molar-refractivity contribution < 1.29 is 4.79 Å². The molecule has 0 aliphatic carbocycles. The fraction of sp³-hybridized carbons (Fsp3) is 0.364. The molecule has 1 amide bonds. The molecule has 0 saturated heterocycles. The number of likely N-dealkylation sites (N-methyl/N-ethyl adjacent to an activating group) is 1. The van der Waals surface area contributed by atoms with E-state index in [0.29, 0.717) is 5.95 Å². The van der Waals surface area contributed by atoms with E-state index in [9.17, 15) is 4.79 Å².